The van der Waals surface area contributed by atoms with Crippen molar-refractivity contribution in [1.82, 2.24) is 10.6 Å². The summed E-state index contributed by atoms with van der Waals surface area (Å²) in [6.45, 7) is 2.25. The Bertz CT molecular complexity index is 1130. The van der Waals surface area contributed by atoms with Crippen LogP contribution in [0.15, 0.2) is 96.2 Å². The summed E-state index contributed by atoms with van der Waals surface area (Å²) in [6.07, 6.45) is 0. The number of urea groups is 1. The summed E-state index contributed by atoms with van der Waals surface area (Å²) in [6, 6.07) is 25.8. The van der Waals surface area contributed by atoms with Crippen LogP contribution in [0.5, 0.6) is 5.75 Å². The van der Waals surface area contributed by atoms with Gasteiger partial charge in [0.15, 0.2) is 0 Å². The van der Waals surface area contributed by atoms with Crippen LogP contribution < -0.4 is 15.4 Å². The minimum Gasteiger partial charge on any atom is -0.489 e. The quantitative estimate of drug-likeness (QED) is 0.538. The van der Waals surface area contributed by atoms with Crippen molar-refractivity contribution in [3.8, 4) is 5.75 Å². The molecule has 3 aromatic carbocycles. The van der Waals surface area contributed by atoms with E-state index < -0.39 is 12.0 Å². The Morgan fingerprint density at radius 2 is 1.56 bits per heavy atom. The SMILES string of the molecule is CC1=C(C(=O)OCc2cccc(OCc3ccccc3)c2)C(c2ccccc2)NC(=O)N1. The number of carbonyl (C=O) groups is 2. The van der Waals surface area contributed by atoms with E-state index in [9.17, 15) is 9.59 Å². The summed E-state index contributed by atoms with van der Waals surface area (Å²) in [4.78, 5) is 24.9. The Kier molecular flexibility index (Phi) is 6.51. The maximum atomic E-state index is 13.0. The molecule has 3 aromatic rings. The summed E-state index contributed by atoms with van der Waals surface area (Å²) in [5.41, 5.74) is 3.56. The number of allylic oxidation sites excluding steroid dienone is 1. The van der Waals surface area contributed by atoms with E-state index in [1.165, 1.54) is 0 Å². The van der Waals surface area contributed by atoms with Crippen LogP contribution in [0.2, 0.25) is 0 Å². The molecule has 162 valence electrons. The van der Waals surface area contributed by atoms with Gasteiger partial charge in [-0.2, -0.15) is 0 Å². The van der Waals surface area contributed by atoms with Gasteiger partial charge < -0.3 is 20.1 Å². The first-order valence-electron chi connectivity index (χ1n) is 10.4. The van der Waals surface area contributed by atoms with Crippen LogP contribution in [0.25, 0.3) is 0 Å². The van der Waals surface area contributed by atoms with Crippen LogP contribution in [0, 0.1) is 0 Å². The van der Waals surface area contributed by atoms with Crippen LogP contribution in [0.4, 0.5) is 4.79 Å². The molecule has 6 nitrogen and oxygen atoms in total. The van der Waals surface area contributed by atoms with Crippen molar-refractivity contribution in [2.75, 3.05) is 0 Å². The molecular weight excluding hydrogens is 404 g/mol. The third-order valence-corrected chi connectivity index (χ3v) is 5.14. The zero-order valence-corrected chi connectivity index (χ0v) is 17.7. The minimum absolute atomic E-state index is 0.0909. The second kappa shape index (κ2) is 9.83. The van der Waals surface area contributed by atoms with Gasteiger partial charge in [-0.05, 0) is 35.7 Å². The molecule has 0 saturated carbocycles. The molecule has 0 fully saturated rings. The maximum absolute atomic E-state index is 13.0. The van der Waals surface area contributed by atoms with E-state index in [1.807, 2.05) is 84.9 Å². The van der Waals surface area contributed by atoms with E-state index in [-0.39, 0.29) is 12.6 Å². The smallest absolute Gasteiger partial charge is 0.338 e. The van der Waals surface area contributed by atoms with Crippen LogP contribution >= 0.6 is 0 Å². The number of hydrogen-bond donors (Lipinski definition) is 2. The molecule has 2 N–H and O–H groups in total. The Morgan fingerprint density at radius 3 is 2.31 bits per heavy atom. The van der Waals surface area contributed by atoms with Gasteiger partial charge in [0.05, 0.1) is 11.6 Å². The van der Waals surface area contributed by atoms with E-state index in [0.29, 0.717) is 23.6 Å². The molecule has 2 amide bonds. The second-order valence-corrected chi connectivity index (χ2v) is 7.48. The third-order valence-electron chi connectivity index (χ3n) is 5.14. The van der Waals surface area contributed by atoms with Gasteiger partial charge >= 0.3 is 12.0 Å². The first-order valence-corrected chi connectivity index (χ1v) is 10.4. The van der Waals surface area contributed by atoms with Crippen molar-refractivity contribution in [1.29, 1.82) is 0 Å². The first-order chi connectivity index (χ1) is 15.6. The molecule has 0 spiro atoms. The van der Waals surface area contributed by atoms with Crippen molar-refractivity contribution in [3.05, 3.63) is 113 Å². The fraction of sp³-hybridized carbons (Fsp3) is 0.154. The lowest BCUT2D eigenvalue weighted by Gasteiger charge is -2.28. The fourth-order valence-electron chi connectivity index (χ4n) is 3.55. The number of nitrogens with one attached hydrogen (secondary N) is 2. The highest BCUT2D eigenvalue weighted by Crippen LogP contribution is 2.28. The average molecular weight is 428 g/mol. The molecule has 1 heterocycles. The summed E-state index contributed by atoms with van der Waals surface area (Å²) >= 11 is 0. The van der Waals surface area contributed by atoms with Crippen LogP contribution in [0.1, 0.15) is 29.7 Å². The van der Waals surface area contributed by atoms with Gasteiger partial charge in [0.2, 0.25) is 0 Å². The topological polar surface area (TPSA) is 76.7 Å². The van der Waals surface area contributed by atoms with Gasteiger partial charge in [-0.25, -0.2) is 9.59 Å². The van der Waals surface area contributed by atoms with Crippen molar-refractivity contribution >= 4 is 12.0 Å². The van der Waals surface area contributed by atoms with Crippen LogP contribution in [0.3, 0.4) is 0 Å². The molecule has 0 bridgehead atoms. The predicted molar refractivity (Wildman–Crippen MR) is 121 cm³/mol. The summed E-state index contributed by atoms with van der Waals surface area (Å²) in [5, 5.41) is 5.46. The highest BCUT2D eigenvalue weighted by atomic mass is 16.5. The molecule has 1 aliphatic rings. The van der Waals surface area contributed by atoms with E-state index >= 15 is 0 Å². The summed E-state index contributed by atoms with van der Waals surface area (Å²) in [7, 11) is 0. The van der Waals surface area contributed by atoms with Crippen molar-refractivity contribution in [2.45, 2.75) is 26.2 Å². The van der Waals surface area contributed by atoms with Gasteiger partial charge in [-0.3, -0.25) is 0 Å². The zero-order valence-electron chi connectivity index (χ0n) is 17.7. The van der Waals surface area contributed by atoms with Crippen LogP contribution in [-0.2, 0) is 22.7 Å². The van der Waals surface area contributed by atoms with Gasteiger partial charge in [0.25, 0.3) is 0 Å². The van der Waals surface area contributed by atoms with Crippen molar-refractivity contribution in [2.24, 2.45) is 0 Å². The van der Waals surface area contributed by atoms with Crippen molar-refractivity contribution in [3.63, 3.8) is 0 Å². The monoisotopic (exact) mass is 428 g/mol. The molecule has 1 atom stereocenters. The highest BCUT2D eigenvalue weighted by molar-refractivity contribution is 5.95. The molecule has 32 heavy (non-hydrogen) atoms. The maximum Gasteiger partial charge on any atom is 0.338 e. The number of carbonyl (C=O) groups excluding carboxylic acids is 2. The zero-order chi connectivity index (χ0) is 22.3. The largest absolute Gasteiger partial charge is 0.489 e. The van der Waals surface area contributed by atoms with Crippen LogP contribution in [-0.4, -0.2) is 12.0 Å². The normalized spacial score (nSPS) is 15.5. The molecular formula is C26H24N2O4. The molecule has 4 rings (SSSR count). The van der Waals surface area contributed by atoms with Gasteiger partial charge in [-0.15, -0.1) is 0 Å². The molecule has 0 aromatic heterocycles. The lowest BCUT2D eigenvalue weighted by molar-refractivity contribution is -0.140. The van der Waals surface area contributed by atoms with E-state index in [4.69, 9.17) is 9.47 Å². The van der Waals surface area contributed by atoms with E-state index in [2.05, 4.69) is 10.6 Å². The Labute approximate surface area is 186 Å². The molecule has 0 radical (unpaired) electrons. The molecule has 1 aliphatic heterocycles. The second-order valence-electron chi connectivity index (χ2n) is 7.48. The Balaban J connectivity index is 1.43. The summed E-state index contributed by atoms with van der Waals surface area (Å²) in [5.74, 6) is 0.214. The Hall–Kier alpha value is -4.06. The van der Waals surface area contributed by atoms with Crippen molar-refractivity contribution < 1.29 is 19.1 Å². The van der Waals surface area contributed by atoms with Gasteiger partial charge in [0, 0.05) is 5.70 Å². The lowest BCUT2D eigenvalue weighted by Crippen LogP contribution is -2.45. The number of hydrogen-bond acceptors (Lipinski definition) is 4. The number of benzene rings is 3. The summed E-state index contributed by atoms with van der Waals surface area (Å²) < 4.78 is 11.5. The van der Waals surface area contributed by atoms with Gasteiger partial charge in [0.1, 0.15) is 19.0 Å². The fourth-order valence-corrected chi connectivity index (χ4v) is 3.55. The number of ether oxygens (including phenoxy) is 2. The Morgan fingerprint density at radius 1 is 0.875 bits per heavy atom. The number of esters is 1. The minimum atomic E-state index is -0.571. The van der Waals surface area contributed by atoms with E-state index in [0.717, 1.165) is 16.7 Å². The molecule has 1 unspecified atom stereocenters. The standard InChI is InChI=1S/C26H24N2O4/c1-18-23(24(28-26(30)27-18)21-12-6-3-7-13-21)25(29)32-17-20-11-8-14-22(15-20)31-16-19-9-4-2-5-10-19/h2-15,24H,16-17H2,1H3,(H2,27,28,30). The predicted octanol–water partition coefficient (Wildman–Crippen LogP) is 4.64. The first kappa shape index (κ1) is 21.2. The van der Waals surface area contributed by atoms with E-state index in [1.54, 1.807) is 6.92 Å². The number of rotatable bonds is 7. The lowest BCUT2D eigenvalue weighted by atomic mass is 9.96. The highest BCUT2D eigenvalue weighted by Gasteiger charge is 2.32. The third kappa shape index (κ3) is 5.16. The molecule has 0 aliphatic carbocycles. The number of amides is 2. The average Bonchev–Trinajstić information content (AvgIpc) is 2.82. The molecule has 0 saturated heterocycles. The van der Waals surface area contributed by atoms with Gasteiger partial charge in [-0.1, -0.05) is 72.8 Å². The molecule has 6 heteroatoms.